The predicted molar refractivity (Wildman–Crippen MR) is 131 cm³/mol. The number of aromatic amines is 1. The SMILES string of the molecule is Cc1cccc(C)c1Oc1cn(C)c(=O)cc1-c1cn(C)c(=O)c2[nH]c(-c3ccncn3)cc12. The second kappa shape index (κ2) is 8.15. The van der Waals surface area contributed by atoms with E-state index >= 15 is 0 Å². The van der Waals surface area contributed by atoms with Crippen molar-refractivity contribution in [1.29, 1.82) is 0 Å². The number of hydrogen-bond donors (Lipinski definition) is 1. The molecular weight excluding hydrogens is 430 g/mol. The topological polar surface area (TPSA) is 94.8 Å². The zero-order valence-corrected chi connectivity index (χ0v) is 19.3. The highest BCUT2D eigenvalue weighted by Crippen LogP contribution is 2.38. The summed E-state index contributed by atoms with van der Waals surface area (Å²) in [4.78, 5) is 37.1. The molecule has 5 rings (SSSR count). The second-order valence-corrected chi connectivity index (χ2v) is 8.35. The summed E-state index contributed by atoms with van der Waals surface area (Å²) in [6.45, 7) is 3.96. The summed E-state index contributed by atoms with van der Waals surface area (Å²) < 4.78 is 9.37. The van der Waals surface area contributed by atoms with Crippen LogP contribution in [0.4, 0.5) is 0 Å². The van der Waals surface area contributed by atoms with Crippen LogP contribution in [0.5, 0.6) is 11.5 Å². The fraction of sp³-hybridized carbons (Fsp3) is 0.154. The van der Waals surface area contributed by atoms with Gasteiger partial charge in [-0.25, -0.2) is 9.97 Å². The molecule has 8 nitrogen and oxygen atoms in total. The zero-order chi connectivity index (χ0) is 24.0. The molecule has 0 aliphatic rings. The number of fused-ring (bicyclic) bond motifs is 1. The van der Waals surface area contributed by atoms with E-state index in [1.165, 1.54) is 15.5 Å². The molecule has 0 unspecified atom stereocenters. The number of aryl methyl sites for hydroxylation is 4. The number of para-hydroxylation sites is 1. The van der Waals surface area contributed by atoms with E-state index in [0.29, 0.717) is 39.2 Å². The van der Waals surface area contributed by atoms with Gasteiger partial charge in [-0.15, -0.1) is 0 Å². The van der Waals surface area contributed by atoms with Crippen molar-refractivity contribution >= 4 is 10.9 Å². The fourth-order valence-corrected chi connectivity index (χ4v) is 4.10. The summed E-state index contributed by atoms with van der Waals surface area (Å²) in [5, 5.41) is 0.677. The van der Waals surface area contributed by atoms with Crippen molar-refractivity contribution < 1.29 is 4.74 Å². The van der Waals surface area contributed by atoms with Gasteiger partial charge in [-0.3, -0.25) is 9.59 Å². The third-order valence-electron chi connectivity index (χ3n) is 5.93. The molecule has 8 heteroatoms. The van der Waals surface area contributed by atoms with E-state index in [0.717, 1.165) is 16.9 Å². The van der Waals surface area contributed by atoms with Crippen molar-refractivity contribution in [2.24, 2.45) is 14.1 Å². The van der Waals surface area contributed by atoms with Gasteiger partial charge in [0, 0.05) is 49.1 Å². The van der Waals surface area contributed by atoms with Crippen LogP contribution in [0.3, 0.4) is 0 Å². The van der Waals surface area contributed by atoms with Gasteiger partial charge >= 0.3 is 0 Å². The van der Waals surface area contributed by atoms with Gasteiger partial charge in [-0.1, -0.05) is 18.2 Å². The van der Waals surface area contributed by atoms with Crippen LogP contribution in [0.2, 0.25) is 0 Å². The minimum Gasteiger partial charge on any atom is -0.455 e. The molecule has 0 amide bonds. The first-order valence-corrected chi connectivity index (χ1v) is 10.8. The van der Waals surface area contributed by atoms with Crippen LogP contribution in [-0.4, -0.2) is 24.1 Å². The number of nitrogens with one attached hydrogen (secondary N) is 1. The van der Waals surface area contributed by atoms with Gasteiger partial charge in [0.1, 0.15) is 17.6 Å². The normalized spacial score (nSPS) is 11.2. The number of benzene rings is 1. The summed E-state index contributed by atoms with van der Waals surface area (Å²) in [6, 6.07) is 11.1. The van der Waals surface area contributed by atoms with E-state index in [-0.39, 0.29) is 11.1 Å². The van der Waals surface area contributed by atoms with E-state index in [2.05, 4.69) is 15.0 Å². The van der Waals surface area contributed by atoms with E-state index in [1.54, 1.807) is 44.8 Å². The van der Waals surface area contributed by atoms with Gasteiger partial charge in [0.2, 0.25) is 0 Å². The predicted octanol–water partition coefficient (Wildman–Crippen LogP) is 4.10. The van der Waals surface area contributed by atoms with Gasteiger partial charge in [-0.2, -0.15) is 0 Å². The Balaban J connectivity index is 1.78. The summed E-state index contributed by atoms with van der Waals surface area (Å²) >= 11 is 0. The largest absolute Gasteiger partial charge is 0.455 e. The highest BCUT2D eigenvalue weighted by molar-refractivity contribution is 5.98. The maximum atomic E-state index is 12.9. The van der Waals surface area contributed by atoms with Crippen LogP contribution in [0.1, 0.15) is 11.1 Å². The number of rotatable bonds is 4. The average Bonchev–Trinajstić information content (AvgIpc) is 3.27. The zero-order valence-electron chi connectivity index (χ0n) is 19.3. The van der Waals surface area contributed by atoms with Crippen molar-refractivity contribution in [3.8, 4) is 34.0 Å². The first-order valence-electron chi connectivity index (χ1n) is 10.8. The lowest BCUT2D eigenvalue weighted by Crippen LogP contribution is -2.18. The van der Waals surface area contributed by atoms with Gasteiger partial charge in [-0.05, 0) is 37.1 Å². The molecule has 4 aromatic heterocycles. The van der Waals surface area contributed by atoms with Gasteiger partial charge < -0.3 is 18.9 Å². The Morgan fingerprint density at radius 2 is 1.71 bits per heavy atom. The summed E-state index contributed by atoms with van der Waals surface area (Å²) in [5.41, 5.74) is 4.67. The first kappa shape index (κ1) is 21.4. The number of hydrogen-bond acceptors (Lipinski definition) is 5. The molecule has 0 fully saturated rings. The molecule has 0 saturated heterocycles. The lowest BCUT2D eigenvalue weighted by atomic mass is 10.0. The second-order valence-electron chi connectivity index (χ2n) is 8.35. The highest BCUT2D eigenvalue weighted by atomic mass is 16.5. The Kier molecular flexibility index (Phi) is 5.13. The Morgan fingerprint density at radius 1 is 0.941 bits per heavy atom. The monoisotopic (exact) mass is 453 g/mol. The van der Waals surface area contributed by atoms with Crippen LogP contribution in [-0.2, 0) is 14.1 Å². The molecule has 0 radical (unpaired) electrons. The van der Waals surface area contributed by atoms with Gasteiger partial charge in [0.05, 0.1) is 17.6 Å². The van der Waals surface area contributed by atoms with Crippen molar-refractivity contribution in [2.45, 2.75) is 13.8 Å². The summed E-state index contributed by atoms with van der Waals surface area (Å²) in [7, 11) is 3.37. The molecule has 0 aliphatic heterocycles. The van der Waals surface area contributed by atoms with Crippen LogP contribution in [0.15, 0.2) is 70.9 Å². The standard InChI is InChI=1S/C26H23N5O3/c1-15-6-5-7-16(2)25(15)34-22-13-30(3)23(32)11-17(22)19-12-31(4)26(33)24-18(19)10-21(29-24)20-8-9-27-14-28-20/h5-14,29H,1-4H3. The summed E-state index contributed by atoms with van der Waals surface area (Å²) in [6.07, 6.45) is 6.51. The van der Waals surface area contributed by atoms with Crippen molar-refractivity contribution in [3.05, 3.63) is 93.2 Å². The Bertz CT molecular complexity index is 1640. The van der Waals surface area contributed by atoms with E-state index in [9.17, 15) is 9.59 Å². The molecule has 4 heterocycles. The molecule has 5 aromatic rings. The van der Waals surface area contributed by atoms with Crippen LogP contribution in [0.25, 0.3) is 33.4 Å². The molecule has 1 aromatic carbocycles. The number of pyridine rings is 2. The molecule has 0 bridgehead atoms. The van der Waals surface area contributed by atoms with Crippen molar-refractivity contribution in [1.82, 2.24) is 24.1 Å². The molecule has 0 spiro atoms. The minimum absolute atomic E-state index is 0.180. The number of aromatic nitrogens is 5. The number of ether oxygens (including phenoxy) is 1. The van der Waals surface area contributed by atoms with Crippen molar-refractivity contribution in [3.63, 3.8) is 0 Å². The third kappa shape index (κ3) is 3.59. The number of H-pyrrole nitrogens is 1. The Morgan fingerprint density at radius 3 is 2.41 bits per heavy atom. The first-order chi connectivity index (χ1) is 16.3. The Labute approximate surface area is 195 Å². The average molecular weight is 454 g/mol. The maximum Gasteiger partial charge on any atom is 0.274 e. The maximum absolute atomic E-state index is 12.9. The smallest absolute Gasteiger partial charge is 0.274 e. The Hall–Kier alpha value is -4.46. The molecule has 0 atom stereocenters. The van der Waals surface area contributed by atoms with E-state index in [4.69, 9.17) is 4.74 Å². The van der Waals surface area contributed by atoms with E-state index in [1.807, 2.05) is 38.1 Å². The van der Waals surface area contributed by atoms with Crippen LogP contribution in [0, 0.1) is 13.8 Å². The third-order valence-corrected chi connectivity index (χ3v) is 5.93. The van der Waals surface area contributed by atoms with Gasteiger partial charge in [0.15, 0.2) is 5.75 Å². The quantitative estimate of drug-likeness (QED) is 0.442. The van der Waals surface area contributed by atoms with Gasteiger partial charge in [0.25, 0.3) is 11.1 Å². The lowest BCUT2D eigenvalue weighted by Gasteiger charge is -2.17. The molecule has 170 valence electrons. The van der Waals surface area contributed by atoms with E-state index < -0.39 is 0 Å². The van der Waals surface area contributed by atoms with Crippen LogP contribution >= 0.6 is 0 Å². The van der Waals surface area contributed by atoms with Crippen LogP contribution < -0.4 is 15.9 Å². The fourth-order valence-electron chi connectivity index (χ4n) is 4.10. The lowest BCUT2D eigenvalue weighted by molar-refractivity contribution is 0.470. The minimum atomic E-state index is -0.183. The summed E-state index contributed by atoms with van der Waals surface area (Å²) in [5.74, 6) is 1.25. The van der Waals surface area contributed by atoms with Crippen molar-refractivity contribution in [2.75, 3.05) is 0 Å². The molecular formula is C26H23N5O3. The molecule has 1 N–H and O–H groups in total. The molecule has 0 aliphatic carbocycles. The number of nitrogens with zero attached hydrogens (tertiary/aromatic N) is 4. The molecule has 34 heavy (non-hydrogen) atoms. The molecule has 0 saturated carbocycles. The highest BCUT2D eigenvalue weighted by Gasteiger charge is 2.19.